The quantitative estimate of drug-likeness (QED) is 0.774. The Balaban J connectivity index is 1.93. The third kappa shape index (κ3) is 3.29. The fourth-order valence-corrected chi connectivity index (χ4v) is 2.26. The molecule has 7 nitrogen and oxygen atoms in total. The molecule has 7 heteroatoms. The molecule has 0 aliphatic heterocycles. The summed E-state index contributed by atoms with van der Waals surface area (Å²) in [5.41, 5.74) is 3.56. The summed E-state index contributed by atoms with van der Waals surface area (Å²) in [5, 5.41) is 9.65. The average Bonchev–Trinajstić information content (AvgIpc) is 2.96. The van der Waals surface area contributed by atoms with Gasteiger partial charge in [-0.05, 0) is 23.8 Å². The van der Waals surface area contributed by atoms with E-state index < -0.39 is 0 Å². The summed E-state index contributed by atoms with van der Waals surface area (Å²) >= 11 is 0. The van der Waals surface area contributed by atoms with Crippen molar-refractivity contribution in [2.75, 3.05) is 19.5 Å². The van der Waals surface area contributed by atoms with Crippen LogP contribution in [0.3, 0.4) is 0 Å². The molecule has 23 heavy (non-hydrogen) atoms. The van der Waals surface area contributed by atoms with Gasteiger partial charge in [-0.25, -0.2) is 14.3 Å². The number of ether oxygens (including phenoxy) is 1. The van der Waals surface area contributed by atoms with Crippen LogP contribution in [0, 0.1) is 0 Å². The summed E-state index contributed by atoms with van der Waals surface area (Å²) in [5.74, 6) is 0.446. The Labute approximate surface area is 133 Å². The zero-order valence-corrected chi connectivity index (χ0v) is 12.9. The van der Waals surface area contributed by atoms with Crippen molar-refractivity contribution in [1.29, 1.82) is 0 Å². The topological polar surface area (TPSA) is 80.6 Å². The van der Waals surface area contributed by atoms with Crippen LogP contribution in [-0.2, 0) is 11.3 Å². The van der Waals surface area contributed by atoms with Crippen LogP contribution < -0.4 is 10.6 Å². The van der Waals surface area contributed by atoms with E-state index in [1.807, 2.05) is 36.4 Å². The van der Waals surface area contributed by atoms with Gasteiger partial charge in [0.1, 0.15) is 0 Å². The fourth-order valence-electron chi connectivity index (χ4n) is 2.26. The van der Waals surface area contributed by atoms with Crippen molar-refractivity contribution in [2.24, 2.45) is 0 Å². The van der Waals surface area contributed by atoms with Gasteiger partial charge in [0.15, 0.2) is 11.5 Å². The number of urea groups is 1. The SMILES string of the molecule is CNC(=O)Nc1cn2nc(-c3cccc(COC)c3)ccc2n1. The van der Waals surface area contributed by atoms with Gasteiger partial charge in [0.25, 0.3) is 0 Å². The molecule has 0 bridgehead atoms. The number of nitrogens with one attached hydrogen (secondary N) is 2. The lowest BCUT2D eigenvalue weighted by atomic mass is 10.1. The van der Waals surface area contributed by atoms with Crippen LogP contribution in [-0.4, -0.2) is 34.8 Å². The minimum absolute atomic E-state index is 0.319. The minimum Gasteiger partial charge on any atom is -0.380 e. The summed E-state index contributed by atoms with van der Waals surface area (Å²) in [6, 6.07) is 11.5. The Bertz CT molecular complexity index is 843. The first-order valence-corrected chi connectivity index (χ1v) is 7.13. The number of hydrogen-bond acceptors (Lipinski definition) is 4. The van der Waals surface area contributed by atoms with Gasteiger partial charge in [-0.1, -0.05) is 18.2 Å². The molecule has 0 saturated heterocycles. The Hall–Kier alpha value is -2.93. The van der Waals surface area contributed by atoms with Crippen LogP contribution in [0.1, 0.15) is 5.56 Å². The highest BCUT2D eigenvalue weighted by atomic mass is 16.5. The van der Waals surface area contributed by atoms with Crippen molar-refractivity contribution in [1.82, 2.24) is 19.9 Å². The zero-order chi connectivity index (χ0) is 16.2. The summed E-state index contributed by atoms with van der Waals surface area (Å²) in [4.78, 5) is 15.6. The predicted octanol–water partition coefficient (Wildman–Crippen LogP) is 2.29. The Morgan fingerprint density at radius 3 is 2.96 bits per heavy atom. The van der Waals surface area contributed by atoms with Gasteiger partial charge in [0, 0.05) is 19.7 Å². The molecule has 3 rings (SSSR count). The Kier molecular flexibility index (Phi) is 4.20. The highest BCUT2D eigenvalue weighted by Crippen LogP contribution is 2.20. The smallest absolute Gasteiger partial charge is 0.320 e. The van der Waals surface area contributed by atoms with Crippen molar-refractivity contribution >= 4 is 17.5 Å². The molecule has 0 aliphatic rings. The zero-order valence-electron chi connectivity index (χ0n) is 12.9. The van der Waals surface area contributed by atoms with Crippen LogP contribution in [0.5, 0.6) is 0 Å². The fraction of sp³-hybridized carbons (Fsp3) is 0.188. The van der Waals surface area contributed by atoms with Crippen molar-refractivity contribution in [3.8, 4) is 11.3 Å². The molecule has 1 aromatic carbocycles. The van der Waals surface area contributed by atoms with E-state index in [1.165, 1.54) is 0 Å². The molecular weight excluding hydrogens is 294 g/mol. The van der Waals surface area contributed by atoms with Crippen LogP contribution >= 0.6 is 0 Å². The van der Waals surface area contributed by atoms with Crippen LogP contribution in [0.4, 0.5) is 10.6 Å². The second kappa shape index (κ2) is 6.45. The van der Waals surface area contributed by atoms with Gasteiger partial charge in [-0.2, -0.15) is 5.10 Å². The third-order valence-electron chi connectivity index (χ3n) is 3.32. The molecule has 0 fully saturated rings. The summed E-state index contributed by atoms with van der Waals surface area (Å²) in [6.07, 6.45) is 1.67. The molecule has 0 atom stereocenters. The van der Waals surface area contributed by atoms with Crippen LogP contribution in [0.15, 0.2) is 42.6 Å². The molecular formula is C16H17N5O2. The van der Waals surface area contributed by atoms with E-state index in [2.05, 4.69) is 20.7 Å². The maximum atomic E-state index is 11.3. The summed E-state index contributed by atoms with van der Waals surface area (Å²) in [7, 11) is 3.22. The number of imidazole rings is 1. The van der Waals surface area contributed by atoms with Crippen molar-refractivity contribution in [3.63, 3.8) is 0 Å². The largest absolute Gasteiger partial charge is 0.380 e. The normalized spacial score (nSPS) is 10.7. The maximum Gasteiger partial charge on any atom is 0.320 e. The van der Waals surface area contributed by atoms with E-state index in [9.17, 15) is 4.79 Å². The monoisotopic (exact) mass is 311 g/mol. The van der Waals surface area contributed by atoms with E-state index >= 15 is 0 Å². The molecule has 2 aromatic heterocycles. The number of methoxy groups -OCH3 is 1. The molecule has 0 spiro atoms. The maximum absolute atomic E-state index is 11.3. The molecule has 0 saturated carbocycles. The van der Waals surface area contributed by atoms with Gasteiger partial charge in [0.05, 0.1) is 18.5 Å². The standard InChI is InChI=1S/C16H17N5O2/c1-17-16(22)19-14-9-21-15(18-14)7-6-13(20-21)12-5-3-4-11(8-12)10-23-2/h3-9H,10H2,1-2H3,(H2,17,19,22). The van der Waals surface area contributed by atoms with E-state index in [1.54, 1.807) is 24.9 Å². The average molecular weight is 311 g/mol. The molecule has 0 radical (unpaired) electrons. The summed E-state index contributed by atoms with van der Waals surface area (Å²) in [6.45, 7) is 0.557. The highest BCUT2D eigenvalue weighted by molar-refractivity contribution is 5.88. The van der Waals surface area contributed by atoms with Gasteiger partial charge in [-0.15, -0.1) is 0 Å². The first-order chi connectivity index (χ1) is 11.2. The van der Waals surface area contributed by atoms with Crippen LogP contribution in [0.2, 0.25) is 0 Å². The molecule has 0 aliphatic carbocycles. The van der Waals surface area contributed by atoms with Gasteiger partial charge < -0.3 is 10.1 Å². The van der Waals surface area contributed by atoms with E-state index in [0.29, 0.717) is 18.1 Å². The molecule has 2 N–H and O–H groups in total. The summed E-state index contributed by atoms with van der Waals surface area (Å²) < 4.78 is 6.80. The lowest BCUT2D eigenvalue weighted by molar-refractivity contribution is 0.185. The van der Waals surface area contributed by atoms with Gasteiger partial charge >= 0.3 is 6.03 Å². The van der Waals surface area contributed by atoms with Crippen molar-refractivity contribution in [3.05, 3.63) is 48.2 Å². The number of hydrogen-bond donors (Lipinski definition) is 2. The number of anilines is 1. The second-order valence-electron chi connectivity index (χ2n) is 4.98. The van der Waals surface area contributed by atoms with Gasteiger partial charge in [0.2, 0.25) is 0 Å². The molecule has 2 amide bonds. The Morgan fingerprint density at radius 1 is 1.30 bits per heavy atom. The molecule has 0 unspecified atom stereocenters. The third-order valence-corrected chi connectivity index (χ3v) is 3.32. The Morgan fingerprint density at radius 2 is 2.17 bits per heavy atom. The first kappa shape index (κ1) is 15.0. The number of aromatic nitrogens is 3. The number of carbonyl (C=O) groups is 1. The predicted molar refractivity (Wildman–Crippen MR) is 87.2 cm³/mol. The number of fused-ring (bicyclic) bond motifs is 1. The number of carbonyl (C=O) groups excluding carboxylic acids is 1. The second-order valence-corrected chi connectivity index (χ2v) is 4.98. The first-order valence-electron chi connectivity index (χ1n) is 7.13. The highest BCUT2D eigenvalue weighted by Gasteiger charge is 2.07. The van der Waals surface area contributed by atoms with E-state index in [-0.39, 0.29) is 6.03 Å². The van der Waals surface area contributed by atoms with Crippen molar-refractivity contribution < 1.29 is 9.53 Å². The van der Waals surface area contributed by atoms with E-state index in [4.69, 9.17) is 4.74 Å². The van der Waals surface area contributed by atoms with Gasteiger partial charge in [-0.3, -0.25) is 5.32 Å². The van der Waals surface area contributed by atoms with Crippen LogP contribution in [0.25, 0.3) is 16.9 Å². The lowest BCUT2D eigenvalue weighted by Gasteiger charge is -2.04. The molecule has 3 aromatic rings. The number of rotatable bonds is 4. The number of benzene rings is 1. The minimum atomic E-state index is -0.319. The molecule has 118 valence electrons. The number of amides is 2. The molecule has 2 heterocycles. The van der Waals surface area contributed by atoms with E-state index in [0.717, 1.165) is 16.8 Å². The lowest BCUT2D eigenvalue weighted by Crippen LogP contribution is -2.24. The van der Waals surface area contributed by atoms with Crippen molar-refractivity contribution in [2.45, 2.75) is 6.61 Å². The number of nitrogens with zero attached hydrogens (tertiary/aromatic N) is 3.